The zero-order valence-electron chi connectivity index (χ0n) is 9.16. The van der Waals surface area contributed by atoms with Crippen molar-refractivity contribution in [1.29, 1.82) is 5.41 Å². The molecule has 0 aliphatic rings. The highest BCUT2D eigenvalue weighted by atomic mass is 16.5. The molecule has 0 bridgehead atoms. The van der Waals surface area contributed by atoms with Crippen LogP contribution in [-0.4, -0.2) is 31.4 Å². The van der Waals surface area contributed by atoms with Crippen LogP contribution in [0.25, 0.3) is 0 Å². The summed E-state index contributed by atoms with van der Waals surface area (Å²) < 4.78 is 5.13. The van der Waals surface area contributed by atoms with Gasteiger partial charge < -0.3 is 10.5 Å². The minimum Gasteiger partial charge on any atom is -0.497 e. The third kappa shape index (κ3) is 3.99. The number of amidine groups is 1. The van der Waals surface area contributed by atoms with Crippen LogP contribution in [0.4, 0.5) is 0 Å². The van der Waals surface area contributed by atoms with Crippen LogP contribution in [0.15, 0.2) is 24.3 Å². The van der Waals surface area contributed by atoms with Gasteiger partial charge in [0.25, 0.3) is 0 Å². The summed E-state index contributed by atoms with van der Waals surface area (Å²) in [5, 5.41) is 7.18. The van der Waals surface area contributed by atoms with Crippen molar-refractivity contribution in [2.75, 3.05) is 20.7 Å². The van der Waals surface area contributed by atoms with E-state index in [1.807, 2.05) is 36.2 Å². The predicted octanol–water partition coefficient (Wildman–Crippen LogP) is 1.06. The number of hydrogen-bond donors (Lipinski definition) is 2. The highest BCUT2D eigenvalue weighted by Crippen LogP contribution is 2.13. The fraction of sp³-hybridized carbons (Fsp3) is 0.364. The van der Waals surface area contributed by atoms with Crippen LogP contribution in [0, 0.1) is 5.41 Å². The zero-order valence-corrected chi connectivity index (χ0v) is 9.16. The first-order chi connectivity index (χ1) is 7.11. The van der Waals surface area contributed by atoms with E-state index in [1.165, 1.54) is 0 Å². The maximum absolute atomic E-state index is 7.18. The van der Waals surface area contributed by atoms with E-state index in [9.17, 15) is 0 Å². The first-order valence-corrected chi connectivity index (χ1v) is 4.76. The van der Waals surface area contributed by atoms with E-state index in [2.05, 4.69) is 0 Å². The topological polar surface area (TPSA) is 62.3 Å². The van der Waals surface area contributed by atoms with Crippen LogP contribution < -0.4 is 10.5 Å². The van der Waals surface area contributed by atoms with Gasteiger partial charge in [-0.15, -0.1) is 0 Å². The monoisotopic (exact) mass is 207 g/mol. The van der Waals surface area contributed by atoms with Gasteiger partial charge in [0.1, 0.15) is 11.6 Å². The Kier molecular flexibility index (Phi) is 4.12. The summed E-state index contributed by atoms with van der Waals surface area (Å²) in [7, 11) is 3.58. The van der Waals surface area contributed by atoms with E-state index in [0.717, 1.165) is 17.9 Å². The molecule has 0 unspecified atom stereocenters. The molecule has 1 aromatic carbocycles. The molecule has 4 heteroatoms. The standard InChI is InChI=1S/C11H17N3O/c1-14(8-11(12)13)7-9-4-3-5-10(6-9)15-2/h3-6H,7-8H2,1-2H3,(H3,12,13). The first kappa shape index (κ1) is 11.5. The number of methoxy groups -OCH3 is 1. The molecule has 0 radical (unpaired) electrons. The van der Waals surface area contributed by atoms with Crippen molar-refractivity contribution >= 4 is 5.84 Å². The summed E-state index contributed by atoms with van der Waals surface area (Å²) in [6.07, 6.45) is 0. The normalized spacial score (nSPS) is 10.3. The first-order valence-electron chi connectivity index (χ1n) is 4.76. The van der Waals surface area contributed by atoms with E-state index in [1.54, 1.807) is 7.11 Å². The fourth-order valence-electron chi connectivity index (χ4n) is 1.43. The quantitative estimate of drug-likeness (QED) is 0.560. The summed E-state index contributed by atoms with van der Waals surface area (Å²) in [6, 6.07) is 7.88. The van der Waals surface area contributed by atoms with Crippen LogP contribution in [0.5, 0.6) is 5.75 Å². The lowest BCUT2D eigenvalue weighted by atomic mass is 10.2. The van der Waals surface area contributed by atoms with E-state index in [0.29, 0.717) is 6.54 Å². The Hall–Kier alpha value is -1.55. The van der Waals surface area contributed by atoms with Gasteiger partial charge in [-0.3, -0.25) is 10.3 Å². The molecule has 0 saturated heterocycles. The summed E-state index contributed by atoms with van der Waals surface area (Å²) >= 11 is 0. The van der Waals surface area contributed by atoms with Gasteiger partial charge in [0.2, 0.25) is 0 Å². The molecule has 4 nitrogen and oxygen atoms in total. The van der Waals surface area contributed by atoms with Crippen molar-refractivity contribution in [3.63, 3.8) is 0 Å². The molecule has 3 N–H and O–H groups in total. The molecule has 1 rings (SSSR count). The Morgan fingerprint density at radius 3 is 2.87 bits per heavy atom. The van der Waals surface area contributed by atoms with Gasteiger partial charge in [0.15, 0.2) is 0 Å². The third-order valence-electron chi connectivity index (χ3n) is 2.03. The molecule has 15 heavy (non-hydrogen) atoms. The number of nitrogens with zero attached hydrogens (tertiary/aromatic N) is 1. The molecule has 82 valence electrons. The Balaban J connectivity index is 2.59. The summed E-state index contributed by atoms with van der Waals surface area (Å²) in [6.45, 7) is 1.24. The Morgan fingerprint density at radius 2 is 2.27 bits per heavy atom. The number of ether oxygens (including phenoxy) is 1. The molecule has 0 atom stereocenters. The van der Waals surface area contributed by atoms with E-state index in [4.69, 9.17) is 15.9 Å². The van der Waals surface area contributed by atoms with Crippen molar-refractivity contribution in [1.82, 2.24) is 4.90 Å². The highest BCUT2D eigenvalue weighted by Gasteiger charge is 2.02. The van der Waals surface area contributed by atoms with Crippen molar-refractivity contribution in [3.8, 4) is 5.75 Å². The largest absolute Gasteiger partial charge is 0.497 e. The number of benzene rings is 1. The van der Waals surface area contributed by atoms with Gasteiger partial charge in [-0.25, -0.2) is 0 Å². The lowest BCUT2D eigenvalue weighted by Gasteiger charge is -2.15. The third-order valence-corrected chi connectivity index (χ3v) is 2.03. The number of nitrogens with one attached hydrogen (secondary N) is 1. The average molecular weight is 207 g/mol. The van der Waals surface area contributed by atoms with Crippen LogP contribution in [0.2, 0.25) is 0 Å². The smallest absolute Gasteiger partial charge is 0.119 e. The van der Waals surface area contributed by atoms with Gasteiger partial charge in [-0.1, -0.05) is 12.1 Å². The van der Waals surface area contributed by atoms with Crippen LogP contribution >= 0.6 is 0 Å². The maximum atomic E-state index is 7.18. The molecular formula is C11H17N3O. The van der Waals surface area contributed by atoms with Crippen molar-refractivity contribution in [2.45, 2.75) is 6.54 Å². The molecule has 1 aromatic rings. The Morgan fingerprint density at radius 1 is 1.53 bits per heavy atom. The van der Waals surface area contributed by atoms with Gasteiger partial charge in [0.05, 0.1) is 13.7 Å². The van der Waals surface area contributed by atoms with E-state index >= 15 is 0 Å². The predicted molar refractivity (Wildman–Crippen MR) is 61.2 cm³/mol. The second-order valence-electron chi connectivity index (χ2n) is 3.55. The second-order valence-corrected chi connectivity index (χ2v) is 3.55. The van der Waals surface area contributed by atoms with Crippen molar-refractivity contribution in [3.05, 3.63) is 29.8 Å². The van der Waals surface area contributed by atoms with Crippen LogP contribution in [-0.2, 0) is 6.54 Å². The molecule has 0 aromatic heterocycles. The summed E-state index contributed by atoms with van der Waals surface area (Å²) in [5.74, 6) is 1.03. The van der Waals surface area contributed by atoms with Gasteiger partial charge in [-0.2, -0.15) is 0 Å². The zero-order chi connectivity index (χ0) is 11.3. The summed E-state index contributed by atoms with van der Waals surface area (Å²) in [4.78, 5) is 1.98. The number of nitrogens with two attached hydrogens (primary N) is 1. The Labute approximate surface area is 90.2 Å². The molecule has 0 spiro atoms. The van der Waals surface area contributed by atoms with E-state index < -0.39 is 0 Å². The molecule has 0 amide bonds. The van der Waals surface area contributed by atoms with Crippen molar-refractivity contribution < 1.29 is 4.74 Å². The number of rotatable bonds is 5. The number of hydrogen-bond acceptors (Lipinski definition) is 3. The minimum absolute atomic E-state index is 0.181. The average Bonchev–Trinajstić information content (AvgIpc) is 2.16. The van der Waals surface area contributed by atoms with Crippen LogP contribution in [0.1, 0.15) is 5.56 Å². The molecular weight excluding hydrogens is 190 g/mol. The van der Waals surface area contributed by atoms with Crippen LogP contribution in [0.3, 0.4) is 0 Å². The molecule has 0 aliphatic carbocycles. The minimum atomic E-state index is 0.181. The molecule has 0 saturated carbocycles. The van der Waals surface area contributed by atoms with Crippen molar-refractivity contribution in [2.24, 2.45) is 5.73 Å². The molecule has 0 fully saturated rings. The summed E-state index contributed by atoms with van der Waals surface area (Å²) in [5.41, 5.74) is 6.47. The number of likely N-dealkylation sites (N-methyl/N-ethyl adjacent to an activating group) is 1. The second kappa shape index (κ2) is 5.36. The van der Waals surface area contributed by atoms with Gasteiger partial charge in [-0.05, 0) is 24.7 Å². The lowest BCUT2D eigenvalue weighted by molar-refractivity contribution is 0.369. The fourth-order valence-corrected chi connectivity index (χ4v) is 1.43. The maximum Gasteiger partial charge on any atom is 0.119 e. The highest BCUT2D eigenvalue weighted by molar-refractivity contribution is 5.78. The molecule has 0 aliphatic heterocycles. The van der Waals surface area contributed by atoms with Gasteiger partial charge in [0, 0.05) is 6.54 Å². The molecule has 0 heterocycles. The van der Waals surface area contributed by atoms with Gasteiger partial charge >= 0.3 is 0 Å². The Bertz CT molecular complexity index is 338. The SMILES string of the molecule is COc1cccc(CN(C)CC(=N)N)c1. The lowest BCUT2D eigenvalue weighted by Crippen LogP contribution is -2.29. The van der Waals surface area contributed by atoms with E-state index in [-0.39, 0.29) is 5.84 Å².